The number of methoxy groups -OCH3 is 1. The number of ether oxygens (including phenoxy) is 2. The zero-order valence-corrected chi connectivity index (χ0v) is 29.2. The lowest BCUT2D eigenvalue weighted by Gasteiger charge is -2.27. The molecular weight excluding hydrogens is 649 g/mol. The topological polar surface area (TPSA) is 140 Å². The van der Waals surface area contributed by atoms with Crippen LogP contribution >= 0.6 is 19.9 Å². The molecule has 256 valence electrons. The molecule has 0 fully saturated rings. The molecule has 0 aliphatic carbocycles. The Labute approximate surface area is 288 Å². The zero-order chi connectivity index (χ0) is 34.8. The Bertz CT molecular complexity index is 1380. The summed E-state index contributed by atoms with van der Waals surface area (Å²) in [5.41, 5.74) is 0. The fourth-order valence-electron chi connectivity index (χ4n) is 5.40. The molecule has 3 amide bonds. The van der Waals surface area contributed by atoms with Gasteiger partial charge in [-0.05, 0) is 62.6 Å². The molecule has 0 aliphatic rings. The van der Waals surface area contributed by atoms with Crippen LogP contribution in [0.3, 0.4) is 0 Å². The van der Waals surface area contributed by atoms with Gasteiger partial charge in [0.25, 0.3) is 0 Å². The molecule has 2 unspecified atom stereocenters. The van der Waals surface area contributed by atoms with Gasteiger partial charge in [0.1, 0.15) is 41.8 Å². The van der Waals surface area contributed by atoms with E-state index in [0.717, 1.165) is 12.6 Å². The van der Waals surface area contributed by atoms with Gasteiger partial charge in [-0.15, -0.1) is 0 Å². The summed E-state index contributed by atoms with van der Waals surface area (Å²) in [6.07, 6.45) is 2.24. The van der Waals surface area contributed by atoms with E-state index in [-0.39, 0.29) is 44.1 Å². The minimum atomic E-state index is -2.02. The fraction of sp³-hybridized carbons (Fsp3) is 0.361. The number of amides is 3. The second-order valence-electron chi connectivity index (χ2n) is 11.0. The van der Waals surface area contributed by atoms with Crippen molar-refractivity contribution >= 4 is 65.5 Å². The zero-order valence-electron chi connectivity index (χ0n) is 27.4. The summed E-state index contributed by atoms with van der Waals surface area (Å²) < 4.78 is 9.66. The second-order valence-corrected chi connectivity index (χ2v) is 15.0. The second kappa shape index (κ2) is 20.2. The number of esters is 2. The summed E-state index contributed by atoms with van der Waals surface area (Å²) >= 11 is 4.12. The number of unbranched alkanes of at least 4 members (excludes halogenated alkanes) is 1. The number of rotatable bonds is 19. The Morgan fingerprint density at radius 1 is 0.729 bits per heavy atom. The van der Waals surface area contributed by atoms with E-state index in [9.17, 15) is 24.0 Å². The molecule has 3 aromatic rings. The van der Waals surface area contributed by atoms with Crippen molar-refractivity contribution in [2.45, 2.75) is 51.1 Å². The molecule has 0 radical (unpaired) electrons. The third-order valence-electron chi connectivity index (χ3n) is 7.77. The van der Waals surface area contributed by atoms with Gasteiger partial charge in [-0.3, -0.25) is 19.2 Å². The van der Waals surface area contributed by atoms with E-state index >= 15 is 0 Å². The summed E-state index contributed by atoms with van der Waals surface area (Å²) in [6, 6.07) is 29.5. The molecule has 0 saturated heterocycles. The lowest BCUT2D eigenvalue weighted by molar-refractivity contribution is -0.145. The van der Waals surface area contributed by atoms with Crippen LogP contribution in [0.4, 0.5) is 0 Å². The van der Waals surface area contributed by atoms with E-state index in [2.05, 4.69) is 101 Å². The molecule has 3 aromatic carbocycles. The molecule has 0 aliphatic heterocycles. The first-order valence-electron chi connectivity index (χ1n) is 16.0. The molecule has 0 heterocycles. The monoisotopic (exact) mass is 694 g/mol. The molecular formula is C36H45N3O7PS+. The van der Waals surface area contributed by atoms with Gasteiger partial charge in [0, 0.05) is 18.6 Å². The SMILES string of the molecule is CCOC(=O)CNC(=O)C(CS)NC(=O)CCC(NC(=O)CCCC[P+](c1ccccc1)(c1ccccc1)c1ccccc1)C(=O)OC. The van der Waals surface area contributed by atoms with Crippen LogP contribution in [0.15, 0.2) is 91.0 Å². The van der Waals surface area contributed by atoms with Gasteiger partial charge in [-0.2, -0.15) is 12.6 Å². The molecule has 2 atom stereocenters. The average molecular weight is 695 g/mol. The first-order chi connectivity index (χ1) is 23.2. The third-order valence-corrected chi connectivity index (χ3v) is 12.7. The van der Waals surface area contributed by atoms with E-state index in [4.69, 9.17) is 9.47 Å². The Kier molecular flexibility index (Phi) is 16.1. The molecule has 48 heavy (non-hydrogen) atoms. The normalized spacial score (nSPS) is 12.2. The van der Waals surface area contributed by atoms with Crippen molar-refractivity contribution in [1.82, 2.24) is 16.0 Å². The predicted molar refractivity (Wildman–Crippen MR) is 192 cm³/mol. The van der Waals surface area contributed by atoms with Gasteiger partial charge >= 0.3 is 11.9 Å². The van der Waals surface area contributed by atoms with E-state index in [1.165, 1.54) is 23.0 Å². The van der Waals surface area contributed by atoms with Crippen LogP contribution in [0.2, 0.25) is 0 Å². The summed E-state index contributed by atoms with van der Waals surface area (Å²) in [5, 5.41) is 11.5. The molecule has 12 heteroatoms. The maximum Gasteiger partial charge on any atom is 0.328 e. The van der Waals surface area contributed by atoms with Crippen molar-refractivity contribution in [1.29, 1.82) is 0 Å². The number of thiol groups is 1. The molecule has 0 aromatic heterocycles. The highest BCUT2D eigenvalue weighted by Crippen LogP contribution is 2.55. The van der Waals surface area contributed by atoms with Crippen LogP contribution in [0, 0.1) is 0 Å². The first-order valence-corrected chi connectivity index (χ1v) is 18.6. The smallest absolute Gasteiger partial charge is 0.328 e. The van der Waals surface area contributed by atoms with Gasteiger partial charge in [0.05, 0.1) is 19.9 Å². The Hall–Kier alpha value is -4.21. The van der Waals surface area contributed by atoms with Gasteiger partial charge in [0.2, 0.25) is 17.7 Å². The minimum absolute atomic E-state index is 0.0139. The number of benzene rings is 3. The maximum atomic E-state index is 13.0. The number of hydrogen-bond acceptors (Lipinski definition) is 8. The van der Waals surface area contributed by atoms with Crippen LogP contribution in [0.25, 0.3) is 0 Å². The summed E-state index contributed by atoms with van der Waals surface area (Å²) in [6.45, 7) is 1.49. The van der Waals surface area contributed by atoms with Crippen LogP contribution in [0.1, 0.15) is 39.0 Å². The highest BCUT2D eigenvalue weighted by atomic mass is 32.1. The van der Waals surface area contributed by atoms with Crippen molar-refractivity contribution in [3.05, 3.63) is 91.0 Å². The van der Waals surface area contributed by atoms with Crippen LogP contribution in [-0.2, 0) is 33.4 Å². The summed E-state index contributed by atoms with van der Waals surface area (Å²) in [4.78, 5) is 62.1. The van der Waals surface area contributed by atoms with E-state index < -0.39 is 43.1 Å². The average Bonchev–Trinajstić information content (AvgIpc) is 3.12. The van der Waals surface area contributed by atoms with Gasteiger partial charge in [-0.1, -0.05) is 54.6 Å². The largest absolute Gasteiger partial charge is 0.467 e. The van der Waals surface area contributed by atoms with E-state index in [1.54, 1.807) is 6.92 Å². The van der Waals surface area contributed by atoms with E-state index in [1.807, 2.05) is 18.2 Å². The molecule has 0 saturated carbocycles. The molecule has 0 bridgehead atoms. The Morgan fingerprint density at radius 3 is 1.71 bits per heavy atom. The number of carbonyl (C=O) groups is 5. The van der Waals surface area contributed by atoms with Crippen molar-refractivity contribution in [2.24, 2.45) is 0 Å². The fourth-order valence-corrected chi connectivity index (χ4v) is 10.1. The lowest BCUT2D eigenvalue weighted by atomic mass is 10.1. The predicted octanol–water partition coefficient (Wildman–Crippen LogP) is 2.68. The van der Waals surface area contributed by atoms with Crippen LogP contribution < -0.4 is 31.9 Å². The Morgan fingerprint density at radius 2 is 1.23 bits per heavy atom. The standard InChI is InChI=1S/C36H44N3O7PS/c1-3-46-34(42)25-37-35(43)31(26-48)39-33(41)23-22-30(36(44)45-2)38-32(40)21-13-14-24-47(27-15-7-4-8-16-27,28-17-9-5-10-18-28)29-19-11-6-12-20-29/h4-12,15-20,30-31H,3,13-14,21-26H2,1-2H3,(H3-,37,38,39,40,41,43,48)/p+1. The van der Waals surface area contributed by atoms with Gasteiger partial charge in [-0.25, -0.2) is 4.79 Å². The van der Waals surface area contributed by atoms with E-state index in [0.29, 0.717) is 6.42 Å². The summed E-state index contributed by atoms with van der Waals surface area (Å²) in [7, 11) is -0.810. The highest BCUT2D eigenvalue weighted by Gasteiger charge is 2.44. The highest BCUT2D eigenvalue weighted by molar-refractivity contribution is 7.95. The summed E-state index contributed by atoms with van der Waals surface area (Å²) in [5.74, 6) is -2.72. The molecule has 0 spiro atoms. The lowest BCUT2D eigenvalue weighted by Crippen LogP contribution is -2.49. The van der Waals surface area contributed by atoms with Crippen LogP contribution in [-0.4, -0.2) is 73.9 Å². The van der Waals surface area contributed by atoms with Gasteiger partial charge < -0.3 is 25.4 Å². The van der Waals surface area contributed by atoms with Crippen molar-refractivity contribution in [3.63, 3.8) is 0 Å². The minimum Gasteiger partial charge on any atom is -0.467 e. The Balaban J connectivity index is 1.60. The molecule has 10 nitrogen and oxygen atoms in total. The van der Waals surface area contributed by atoms with Crippen molar-refractivity contribution in [2.75, 3.05) is 32.2 Å². The number of hydrogen-bond donors (Lipinski definition) is 4. The quantitative estimate of drug-likeness (QED) is 0.0655. The van der Waals surface area contributed by atoms with Crippen LogP contribution in [0.5, 0.6) is 0 Å². The number of carbonyl (C=O) groups excluding carboxylic acids is 5. The molecule has 3 N–H and O–H groups in total. The number of nitrogens with one attached hydrogen (secondary N) is 3. The van der Waals surface area contributed by atoms with Crippen molar-refractivity contribution < 1.29 is 33.4 Å². The first kappa shape index (κ1) is 38.2. The maximum absolute atomic E-state index is 13.0. The van der Waals surface area contributed by atoms with Gasteiger partial charge in [0.15, 0.2) is 0 Å². The third kappa shape index (κ3) is 11.2. The van der Waals surface area contributed by atoms with Crippen molar-refractivity contribution in [3.8, 4) is 0 Å². The molecule has 3 rings (SSSR count).